The Morgan fingerprint density at radius 2 is 1.89 bits per heavy atom. The summed E-state index contributed by atoms with van der Waals surface area (Å²) >= 11 is 0. The number of ketones is 1. The third-order valence-electron chi connectivity index (χ3n) is 2.50. The van der Waals surface area contributed by atoms with Crippen LogP contribution in [0.25, 0.3) is 0 Å². The third kappa shape index (κ3) is 2.02. The molecule has 0 bridgehead atoms. The number of carbonyl (C=O) groups excluding carboxylic acids is 2. The van der Waals surface area contributed by atoms with Gasteiger partial charge in [0.25, 0.3) is 0 Å². The molecule has 5 heteroatoms. The molecule has 92 valence electrons. The Labute approximate surface area is 103 Å². The van der Waals surface area contributed by atoms with E-state index >= 15 is 0 Å². The van der Waals surface area contributed by atoms with Gasteiger partial charge in [-0.2, -0.15) is 0 Å². The lowest BCUT2D eigenvalue weighted by molar-refractivity contribution is 0.0586. The second-order valence-electron chi connectivity index (χ2n) is 3.65. The SMILES string of the molecule is COC(=O)c1noc(C)c1C(=O)c1ccccc1. The summed E-state index contributed by atoms with van der Waals surface area (Å²) in [5.74, 6) is -0.704. The highest BCUT2D eigenvalue weighted by molar-refractivity contribution is 6.14. The van der Waals surface area contributed by atoms with Gasteiger partial charge in [0, 0.05) is 5.56 Å². The molecule has 0 saturated carbocycles. The van der Waals surface area contributed by atoms with Gasteiger partial charge in [0.05, 0.1) is 12.7 Å². The maximum absolute atomic E-state index is 12.3. The van der Waals surface area contributed by atoms with Crippen LogP contribution in [0.5, 0.6) is 0 Å². The van der Waals surface area contributed by atoms with Gasteiger partial charge in [0.1, 0.15) is 5.76 Å². The Kier molecular flexibility index (Phi) is 3.23. The van der Waals surface area contributed by atoms with E-state index in [9.17, 15) is 9.59 Å². The van der Waals surface area contributed by atoms with Gasteiger partial charge in [0.15, 0.2) is 5.78 Å². The summed E-state index contributed by atoms with van der Waals surface area (Å²) in [7, 11) is 1.23. The van der Waals surface area contributed by atoms with Gasteiger partial charge in [-0.15, -0.1) is 0 Å². The lowest BCUT2D eigenvalue weighted by Crippen LogP contribution is -2.11. The smallest absolute Gasteiger partial charge is 0.361 e. The minimum Gasteiger partial charge on any atom is -0.464 e. The Morgan fingerprint density at radius 3 is 2.50 bits per heavy atom. The van der Waals surface area contributed by atoms with Crippen LogP contribution in [0, 0.1) is 6.92 Å². The van der Waals surface area contributed by atoms with Crippen molar-refractivity contribution < 1.29 is 18.8 Å². The number of hydrogen-bond acceptors (Lipinski definition) is 5. The number of hydrogen-bond donors (Lipinski definition) is 0. The van der Waals surface area contributed by atoms with E-state index in [4.69, 9.17) is 4.52 Å². The van der Waals surface area contributed by atoms with E-state index < -0.39 is 5.97 Å². The van der Waals surface area contributed by atoms with E-state index in [-0.39, 0.29) is 17.0 Å². The number of benzene rings is 1. The molecule has 0 spiro atoms. The standard InChI is InChI=1S/C13H11NO4/c1-8-10(11(14-18-8)13(16)17-2)12(15)9-6-4-3-5-7-9/h3-7H,1-2H3. The van der Waals surface area contributed by atoms with Crippen molar-refractivity contribution in [3.63, 3.8) is 0 Å². The number of carbonyl (C=O) groups is 2. The van der Waals surface area contributed by atoms with Crippen LogP contribution in [-0.2, 0) is 4.74 Å². The van der Waals surface area contributed by atoms with Crippen molar-refractivity contribution in [1.29, 1.82) is 0 Å². The maximum Gasteiger partial charge on any atom is 0.361 e. The number of nitrogens with zero attached hydrogens (tertiary/aromatic N) is 1. The molecule has 0 atom stereocenters. The van der Waals surface area contributed by atoms with Crippen LogP contribution in [0.4, 0.5) is 0 Å². The van der Waals surface area contributed by atoms with Crippen LogP contribution in [0.3, 0.4) is 0 Å². The molecule has 1 heterocycles. The first-order valence-electron chi connectivity index (χ1n) is 5.29. The van der Waals surface area contributed by atoms with E-state index in [1.165, 1.54) is 7.11 Å². The molecule has 5 nitrogen and oxygen atoms in total. The van der Waals surface area contributed by atoms with Gasteiger partial charge in [-0.25, -0.2) is 4.79 Å². The molecule has 2 rings (SSSR count). The number of methoxy groups -OCH3 is 1. The van der Waals surface area contributed by atoms with Gasteiger partial charge in [-0.3, -0.25) is 4.79 Å². The summed E-state index contributed by atoms with van der Waals surface area (Å²) in [6.07, 6.45) is 0. The summed E-state index contributed by atoms with van der Waals surface area (Å²) in [5.41, 5.74) is 0.519. The van der Waals surface area contributed by atoms with Gasteiger partial charge in [-0.1, -0.05) is 35.5 Å². The van der Waals surface area contributed by atoms with Crippen LogP contribution in [0.1, 0.15) is 32.2 Å². The second-order valence-corrected chi connectivity index (χ2v) is 3.65. The largest absolute Gasteiger partial charge is 0.464 e. The van der Waals surface area contributed by atoms with Crippen molar-refractivity contribution in [2.75, 3.05) is 7.11 Å². The fourth-order valence-corrected chi connectivity index (χ4v) is 1.61. The molecule has 0 unspecified atom stereocenters. The highest BCUT2D eigenvalue weighted by atomic mass is 16.5. The first-order valence-corrected chi connectivity index (χ1v) is 5.29. The van der Waals surface area contributed by atoms with Gasteiger partial charge < -0.3 is 9.26 Å². The normalized spacial score (nSPS) is 10.1. The number of rotatable bonds is 3. The summed E-state index contributed by atoms with van der Waals surface area (Å²) in [5, 5.41) is 3.56. The molecular formula is C13H11NO4. The van der Waals surface area contributed by atoms with Crippen molar-refractivity contribution in [3.8, 4) is 0 Å². The van der Waals surface area contributed by atoms with E-state index in [1.54, 1.807) is 37.3 Å². The van der Waals surface area contributed by atoms with Crippen LogP contribution in [0.2, 0.25) is 0 Å². The summed E-state index contributed by atoms with van der Waals surface area (Å²) in [6.45, 7) is 1.58. The molecule has 0 aliphatic heterocycles. The summed E-state index contributed by atoms with van der Waals surface area (Å²) in [4.78, 5) is 23.7. The molecule has 1 aromatic carbocycles. The van der Waals surface area contributed by atoms with E-state index in [1.807, 2.05) is 0 Å². The molecule has 0 radical (unpaired) electrons. The number of aryl methyl sites for hydroxylation is 1. The van der Waals surface area contributed by atoms with Crippen LogP contribution >= 0.6 is 0 Å². The molecular weight excluding hydrogens is 234 g/mol. The minimum absolute atomic E-state index is 0.0937. The average Bonchev–Trinajstić information content (AvgIpc) is 2.80. The average molecular weight is 245 g/mol. The molecule has 18 heavy (non-hydrogen) atoms. The molecule has 0 saturated heterocycles. The van der Waals surface area contributed by atoms with Crippen molar-refractivity contribution >= 4 is 11.8 Å². The van der Waals surface area contributed by atoms with E-state index in [0.29, 0.717) is 11.3 Å². The molecule has 2 aromatic rings. The monoisotopic (exact) mass is 245 g/mol. The topological polar surface area (TPSA) is 69.4 Å². The van der Waals surface area contributed by atoms with Crippen LogP contribution in [0.15, 0.2) is 34.9 Å². The zero-order valence-electron chi connectivity index (χ0n) is 9.97. The van der Waals surface area contributed by atoms with Crippen molar-refractivity contribution in [1.82, 2.24) is 5.16 Å². The van der Waals surface area contributed by atoms with E-state index in [2.05, 4.69) is 9.89 Å². The molecule has 0 fully saturated rings. The highest BCUT2D eigenvalue weighted by Gasteiger charge is 2.26. The fourth-order valence-electron chi connectivity index (χ4n) is 1.61. The van der Waals surface area contributed by atoms with Gasteiger partial charge >= 0.3 is 5.97 Å². The minimum atomic E-state index is -0.689. The molecule has 0 aliphatic carbocycles. The van der Waals surface area contributed by atoms with E-state index in [0.717, 1.165) is 0 Å². The second kappa shape index (κ2) is 4.83. The Morgan fingerprint density at radius 1 is 1.22 bits per heavy atom. The van der Waals surface area contributed by atoms with Crippen molar-refractivity contribution in [2.24, 2.45) is 0 Å². The predicted octanol–water partition coefficient (Wildman–Crippen LogP) is 2.00. The number of esters is 1. The lowest BCUT2D eigenvalue weighted by Gasteiger charge is -2.00. The number of aromatic nitrogens is 1. The zero-order valence-corrected chi connectivity index (χ0v) is 9.97. The van der Waals surface area contributed by atoms with Gasteiger partial charge in [0.2, 0.25) is 5.69 Å². The van der Waals surface area contributed by atoms with Crippen LogP contribution < -0.4 is 0 Å². The van der Waals surface area contributed by atoms with Crippen molar-refractivity contribution in [3.05, 3.63) is 52.9 Å². The van der Waals surface area contributed by atoms with Crippen LogP contribution in [-0.4, -0.2) is 24.0 Å². The Balaban J connectivity index is 2.48. The lowest BCUT2D eigenvalue weighted by atomic mass is 10.0. The fraction of sp³-hybridized carbons (Fsp3) is 0.154. The first kappa shape index (κ1) is 12.0. The highest BCUT2D eigenvalue weighted by Crippen LogP contribution is 2.18. The molecule has 1 aromatic heterocycles. The molecule has 0 amide bonds. The summed E-state index contributed by atoms with van der Waals surface area (Å²) in [6, 6.07) is 8.62. The number of ether oxygens (including phenoxy) is 1. The third-order valence-corrected chi connectivity index (χ3v) is 2.50. The summed E-state index contributed by atoms with van der Waals surface area (Å²) < 4.78 is 9.45. The molecule has 0 aliphatic rings. The predicted molar refractivity (Wildman–Crippen MR) is 62.5 cm³/mol. The van der Waals surface area contributed by atoms with Crippen molar-refractivity contribution in [2.45, 2.75) is 6.92 Å². The Bertz CT molecular complexity index is 586. The molecule has 0 N–H and O–H groups in total. The Hall–Kier alpha value is -2.43. The quantitative estimate of drug-likeness (QED) is 0.611. The van der Waals surface area contributed by atoms with Gasteiger partial charge in [-0.05, 0) is 6.92 Å². The maximum atomic E-state index is 12.3. The zero-order chi connectivity index (χ0) is 13.1. The first-order chi connectivity index (χ1) is 8.65.